The van der Waals surface area contributed by atoms with Crippen LogP contribution in [0.15, 0.2) is 4.52 Å². The first-order valence-corrected chi connectivity index (χ1v) is 7.22. The zero-order valence-corrected chi connectivity index (χ0v) is 12.0. The van der Waals surface area contributed by atoms with Crippen molar-refractivity contribution >= 4 is 5.91 Å². The summed E-state index contributed by atoms with van der Waals surface area (Å²) in [7, 11) is 1.53. The van der Waals surface area contributed by atoms with Gasteiger partial charge in [0.05, 0.1) is 19.3 Å². The fraction of sp³-hybridized carbons (Fsp3) is 0.769. The lowest BCUT2D eigenvalue weighted by Gasteiger charge is -2.36. The van der Waals surface area contributed by atoms with Gasteiger partial charge in [0.2, 0.25) is 5.89 Å². The van der Waals surface area contributed by atoms with Crippen LogP contribution in [0.4, 0.5) is 0 Å². The van der Waals surface area contributed by atoms with Crippen LogP contribution in [-0.4, -0.2) is 65.0 Å². The first kappa shape index (κ1) is 14.4. The standard InChI is InChI=1S/C13H20N4O4/c1-14-13(19)12-15-11(21-16-12)6-17-2-3-20-10-5-8(7-18)4-9(10)17/h8-10,18H,2-7H2,1H3,(H,14,19)/t8-,9+,10?/m1/s1. The number of amides is 1. The van der Waals surface area contributed by atoms with Crippen molar-refractivity contribution in [3.63, 3.8) is 0 Å². The van der Waals surface area contributed by atoms with E-state index in [9.17, 15) is 9.90 Å². The number of fused-ring (bicyclic) bond motifs is 1. The molecular formula is C13H20N4O4. The lowest BCUT2D eigenvalue weighted by molar-refractivity contribution is -0.0617. The number of ether oxygens (including phenoxy) is 1. The Morgan fingerprint density at radius 1 is 1.52 bits per heavy atom. The molecular weight excluding hydrogens is 276 g/mol. The second-order valence-corrected chi connectivity index (χ2v) is 5.56. The second kappa shape index (κ2) is 6.08. The molecule has 1 aromatic heterocycles. The zero-order chi connectivity index (χ0) is 14.8. The van der Waals surface area contributed by atoms with Crippen LogP contribution >= 0.6 is 0 Å². The number of aliphatic hydroxyl groups excluding tert-OH is 1. The molecule has 1 aromatic rings. The first-order chi connectivity index (χ1) is 10.2. The number of aliphatic hydroxyl groups is 1. The van der Waals surface area contributed by atoms with Gasteiger partial charge in [-0.2, -0.15) is 4.98 Å². The molecule has 116 valence electrons. The third kappa shape index (κ3) is 2.92. The van der Waals surface area contributed by atoms with Crippen LogP contribution in [0.3, 0.4) is 0 Å². The molecule has 0 aromatic carbocycles. The quantitative estimate of drug-likeness (QED) is 0.765. The van der Waals surface area contributed by atoms with Gasteiger partial charge >= 0.3 is 0 Å². The maximum absolute atomic E-state index is 11.4. The van der Waals surface area contributed by atoms with E-state index in [0.717, 1.165) is 19.4 Å². The summed E-state index contributed by atoms with van der Waals surface area (Å²) < 4.78 is 10.9. The van der Waals surface area contributed by atoms with E-state index in [0.29, 0.717) is 25.0 Å². The average molecular weight is 296 g/mol. The van der Waals surface area contributed by atoms with Gasteiger partial charge in [-0.1, -0.05) is 5.16 Å². The molecule has 3 atom stereocenters. The number of nitrogens with one attached hydrogen (secondary N) is 1. The molecule has 0 radical (unpaired) electrons. The van der Waals surface area contributed by atoms with E-state index in [1.807, 2.05) is 0 Å². The zero-order valence-electron chi connectivity index (χ0n) is 12.0. The maximum atomic E-state index is 11.4. The Morgan fingerprint density at radius 2 is 2.38 bits per heavy atom. The van der Waals surface area contributed by atoms with Crippen LogP contribution < -0.4 is 5.32 Å². The van der Waals surface area contributed by atoms with Crippen molar-refractivity contribution in [3.8, 4) is 0 Å². The van der Waals surface area contributed by atoms with E-state index < -0.39 is 0 Å². The number of morpholine rings is 1. The minimum atomic E-state index is -0.355. The number of carbonyl (C=O) groups is 1. The summed E-state index contributed by atoms with van der Waals surface area (Å²) in [6.07, 6.45) is 1.97. The number of aromatic nitrogens is 2. The van der Waals surface area contributed by atoms with Crippen molar-refractivity contribution in [1.29, 1.82) is 0 Å². The minimum absolute atomic E-state index is 0.0527. The molecule has 2 aliphatic rings. The molecule has 2 heterocycles. The van der Waals surface area contributed by atoms with E-state index in [1.165, 1.54) is 7.05 Å². The highest BCUT2D eigenvalue weighted by molar-refractivity contribution is 5.89. The molecule has 8 nitrogen and oxygen atoms in total. The van der Waals surface area contributed by atoms with Gasteiger partial charge in [-0.3, -0.25) is 9.69 Å². The first-order valence-electron chi connectivity index (χ1n) is 7.22. The lowest BCUT2D eigenvalue weighted by atomic mass is 10.1. The van der Waals surface area contributed by atoms with Crippen LogP contribution in [0.5, 0.6) is 0 Å². The molecule has 8 heteroatoms. The highest BCUT2D eigenvalue weighted by Gasteiger charge is 2.41. The molecule has 21 heavy (non-hydrogen) atoms. The van der Waals surface area contributed by atoms with E-state index in [4.69, 9.17) is 9.26 Å². The average Bonchev–Trinajstić information content (AvgIpc) is 3.13. The number of nitrogens with zero attached hydrogens (tertiary/aromatic N) is 3. The smallest absolute Gasteiger partial charge is 0.292 e. The van der Waals surface area contributed by atoms with Crippen molar-refractivity contribution < 1.29 is 19.2 Å². The number of carbonyl (C=O) groups excluding carboxylic acids is 1. The van der Waals surface area contributed by atoms with E-state index in [1.54, 1.807) is 0 Å². The monoisotopic (exact) mass is 296 g/mol. The predicted octanol–water partition coefficient (Wildman–Crippen LogP) is -0.599. The van der Waals surface area contributed by atoms with Crippen molar-refractivity contribution in [2.75, 3.05) is 26.8 Å². The summed E-state index contributed by atoms with van der Waals surface area (Å²) in [4.78, 5) is 17.8. The van der Waals surface area contributed by atoms with Crippen LogP contribution in [0.25, 0.3) is 0 Å². The largest absolute Gasteiger partial charge is 0.396 e. The summed E-state index contributed by atoms with van der Waals surface area (Å²) in [5, 5.41) is 15.5. The van der Waals surface area contributed by atoms with Crippen LogP contribution in [0.1, 0.15) is 29.4 Å². The Morgan fingerprint density at radius 3 is 3.14 bits per heavy atom. The van der Waals surface area contributed by atoms with Crippen LogP contribution in [0, 0.1) is 5.92 Å². The van der Waals surface area contributed by atoms with Crippen LogP contribution in [-0.2, 0) is 11.3 Å². The summed E-state index contributed by atoms with van der Waals surface area (Å²) in [5.41, 5.74) is 0. The van der Waals surface area contributed by atoms with Gasteiger partial charge in [0, 0.05) is 26.2 Å². The third-order valence-corrected chi connectivity index (χ3v) is 4.24. The van der Waals surface area contributed by atoms with Crippen molar-refractivity contribution in [3.05, 3.63) is 11.7 Å². The fourth-order valence-corrected chi connectivity index (χ4v) is 3.17. The van der Waals surface area contributed by atoms with E-state index >= 15 is 0 Å². The molecule has 2 N–H and O–H groups in total. The number of rotatable bonds is 4. The molecule has 1 unspecified atom stereocenters. The molecule has 0 spiro atoms. The van der Waals surface area contributed by atoms with Gasteiger partial charge in [0.25, 0.3) is 11.7 Å². The van der Waals surface area contributed by atoms with Crippen molar-refractivity contribution in [2.24, 2.45) is 5.92 Å². The van der Waals surface area contributed by atoms with E-state index in [2.05, 4.69) is 20.4 Å². The highest BCUT2D eigenvalue weighted by Crippen LogP contribution is 2.34. The second-order valence-electron chi connectivity index (χ2n) is 5.56. The molecule has 1 saturated heterocycles. The Balaban J connectivity index is 1.66. The normalized spacial score (nSPS) is 29.3. The molecule has 0 bridgehead atoms. The topological polar surface area (TPSA) is 101 Å². The summed E-state index contributed by atoms with van der Waals surface area (Å²) >= 11 is 0. The third-order valence-electron chi connectivity index (χ3n) is 4.24. The summed E-state index contributed by atoms with van der Waals surface area (Å²) in [5.74, 6) is 0.425. The van der Waals surface area contributed by atoms with E-state index in [-0.39, 0.29) is 30.5 Å². The number of hydrogen-bond donors (Lipinski definition) is 2. The SMILES string of the molecule is CNC(=O)c1noc(CN2CCOC3C[C@H](CO)C[C@@H]32)n1. The highest BCUT2D eigenvalue weighted by atomic mass is 16.5. The lowest BCUT2D eigenvalue weighted by Crippen LogP contribution is -2.47. The van der Waals surface area contributed by atoms with Gasteiger partial charge in [-0.25, -0.2) is 0 Å². The Labute approximate surface area is 122 Å². The van der Waals surface area contributed by atoms with Crippen molar-refractivity contribution in [1.82, 2.24) is 20.4 Å². The van der Waals surface area contributed by atoms with Crippen molar-refractivity contribution in [2.45, 2.75) is 31.5 Å². The Bertz CT molecular complexity index is 506. The molecule has 1 aliphatic heterocycles. The summed E-state index contributed by atoms with van der Waals surface area (Å²) in [6.45, 7) is 2.16. The molecule has 3 rings (SSSR count). The molecule has 1 amide bonds. The fourth-order valence-electron chi connectivity index (χ4n) is 3.17. The Kier molecular flexibility index (Phi) is 4.18. The van der Waals surface area contributed by atoms with Crippen LogP contribution in [0.2, 0.25) is 0 Å². The van der Waals surface area contributed by atoms with Gasteiger partial charge < -0.3 is 19.7 Å². The molecule has 1 aliphatic carbocycles. The summed E-state index contributed by atoms with van der Waals surface area (Å²) in [6, 6.07) is 0.270. The maximum Gasteiger partial charge on any atom is 0.292 e. The molecule has 1 saturated carbocycles. The minimum Gasteiger partial charge on any atom is -0.396 e. The van der Waals surface area contributed by atoms with Gasteiger partial charge in [-0.15, -0.1) is 0 Å². The van der Waals surface area contributed by atoms with Gasteiger partial charge in [-0.05, 0) is 18.8 Å². The Hall–Kier alpha value is -1.51. The van der Waals surface area contributed by atoms with Gasteiger partial charge in [0.15, 0.2) is 0 Å². The molecule has 2 fully saturated rings. The number of hydrogen-bond acceptors (Lipinski definition) is 7. The predicted molar refractivity (Wildman–Crippen MR) is 71.4 cm³/mol. The van der Waals surface area contributed by atoms with Gasteiger partial charge in [0.1, 0.15) is 0 Å².